The summed E-state index contributed by atoms with van der Waals surface area (Å²) < 4.78 is 0. The Kier molecular flexibility index (Phi) is 10.2. The standard InChI is InChI=1S/C22H34N6O7/c1-3-12(2)18(27-19(31)14(23)9-13-10-24-11-25-13)21(33)28-8-4-5-16(28)20(32)26-15(22(34)35)6-7-17(29)30/h10-12,14-16,18H,3-9,23H2,1-2H3,(H,24,25)(H,26,32)(H,27,31)(H,29,30)(H,34,35). The second-order valence-corrected chi connectivity index (χ2v) is 8.78. The van der Waals surface area contributed by atoms with Crippen LogP contribution in [0.15, 0.2) is 12.5 Å². The minimum atomic E-state index is -1.39. The average Bonchev–Trinajstić information content (AvgIpc) is 3.50. The van der Waals surface area contributed by atoms with Gasteiger partial charge in [-0.2, -0.15) is 0 Å². The summed E-state index contributed by atoms with van der Waals surface area (Å²) in [4.78, 5) is 69.4. The Morgan fingerprint density at radius 2 is 1.97 bits per heavy atom. The summed E-state index contributed by atoms with van der Waals surface area (Å²) in [7, 11) is 0. The Hall–Kier alpha value is -3.48. The van der Waals surface area contributed by atoms with Crippen LogP contribution >= 0.6 is 0 Å². The lowest BCUT2D eigenvalue weighted by Crippen LogP contribution is -2.58. The van der Waals surface area contributed by atoms with Gasteiger partial charge in [-0.05, 0) is 25.2 Å². The number of hydrogen-bond acceptors (Lipinski definition) is 7. The molecule has 13 heteroatoms. The lowest BCUT2D eigenvalue weighted by atomic mass is 9.96. The molecule has 1 aromatic heterocycles. The summed E-state index contributed by atoms with van der Waals surface area (Å²) in [6, 6.07) is -4.15. The molecule has 1 aromatic rings. The molecule has 0 bridgehead atoms. The number of nitrogens with zero attached hydrogens (tertiary/aromatic N) is 2. The molecule has 1 aliphatic rings. The summed E-state index contributed by atoms with van der Waals surface area (Å²) in [5.74, 6) is -4.42. The van der Waals surface area contributed by atoms with E-state index in [0.29, 0.717) is 25.0 Å². The van der Waals surface area contributed by atoms with E-state index in [4.69, 9.17) is 10.8 Å². The number of aliphatic carboxylic acids is 2. The fourth-order valence-electron chi connectivity index (χ4n) is 3.94. The van der Waals surface area contributed by atoms with E-state index < -0.39 is 60.2 Å². The largest absolute Gasteiger partial charge is 0.481 e. The molecule has 0 spiro atoms. The third-order valence-electron chi connectivity index (χ3n) is 6.21. The first-order valence-electron chi connectivity index (χ1n) is 11.6. The number of carboxylic acids is 2. The molecule has 194 valence electrons. The van der Waals surface area contributed by atoms with E-state index in [2.05, 4.69) is 20.6 Å². The number of carbonyl (C=O) groups excluding carboxylic acids is 3. The molecule has 1 saturated heterocycles. The van der Waals surface area contributed by atoms with Gasteiger partial charge in [0.25, 0.3) is 0 Å². The number of carbonyl (C=O) groups is 5. The first kappa shape index (κ1) is 27.8. The highest BCUT2D eigenvalue weighted by Crippen LogP contribution is 2.22. The van der Waals surface area contributed by atoms with Crippen molar-refractivity contribution in [2.24, 2.45) is 11.7 Å². The Balaban J connectivity index is 2.10. The first-order valence-corrected chi connectivity index (χ1v) is 11.6. The fraction of sp³-hybridized carbons (Fsp3) is 0.636. The molecule has 2 rings (SSSR count). The molecule has 0 radical (unpaired) electrons. The van der Waals surface area contributed by atoms with Crippen LogP contribution in [-0.2, 0) is 30.4 Å². The van der Waals surface area contributed by atoms with Gasteiger partial charge in [-0.15, -0.1) is 0 Å². The van der Waals surface area contributed by atoms with Crippen molar-refractivity contribution in [2.45, 2.75) is 76.5 Å². The van der Waals surface area contributed by atoms with Gasteiger partial charge < -0.3 is 36.5 Å². The van der Waals surface area contributed by atoms with Crippen LogP contribution in [0.1, 0.15) is 51.6 Å². The number of nitrogens with two attached hydrogens (primary N) is 1. The van der Waals surface area contributed by atoms with Crippen LogP contribution in [-0.4, -0.2) is 85.5 Å². The zero-order valence-corrected chi connectivity index (χ0v) is 19.9. The summed E-state index contributed by atoms with van der Waals surface area (Å²) in [5, 5.41) is 23.2. The first-order chi connectivity index (χ1) is 16.5. The molecule has 35 heavy (non-hydrogen) atoms. The van der Waals surface area contributed by atoms with Gasteiger partial charge >= 0.3 is 11.9 Å². The van der Waals surface area contributed by atoms with Crippen LogP contribution in [0.25, 0.3) is 0 Å². The number of likely N-dealkylation sites (tertiary alicyclic amines) is 1. The minimum absolute atomic E-state index is 0.203. The molecule has 5 atom stereocenters. The van der Waals surface area contributed by atoms with Gasteiger partial charge in [0.2, 0.25) is 17.7 Å². The predicted molar refractivity (Wildman–Crippen MR) is 123 cm³/mol. The normalized spacial score (nSPS) is 18.8. The van der Waals surface area contributed by atoms with Crippen LogP contribution in [0.5, 0.6) is 0 Å². The SMILES string of the molecule is CCC(C)C(NC(=O)C(N)Cc1cnc[nH]1)C(=O)N1CCCC1C(=O)NC(CCC(=O)O)C(=O)O. The Bertz CT molecular complexity index is 906. The van der Waals surface area contributed by atoms with Crippen LogP contribution in [0.4, 0.5) is 0 Å². The number of amides is 3. The molecule has 2 heterocycles. The molecule has 0 aliphatic carbocycles. The van der Waals surface area contributed by atoms with Crippen molar-refractivity contribution in [3.8, 4) is 0 Å². The highest BCUT2D eigenvalue weighted by Gasteiger charge is 2.40. The van der Waals surface area contributed by atoms with E-state index in [-0.39, 0.29) is 25.3 Å². The molecule has 1 aliphatic heterocycles. The fourth-order valence-corrected chi connectivity index (χ4v) is 3.94. The number of imidazole rings is 1. The predicted octanol–water partition coefficient (Wildman–Crippen LogP) is -0.764. The molecular formula is C22H34N6O7. The van der Waals surface area contributed by atoms with E-state index in [1.165, 1.54) is 11.2 Å². The smallest absolute Gasteiger partial charge is 0.326 e. The maximum absolute atomic E-state index is 13.5. The number of nitrogens with one attached hydrogen (secondary N) is 3. The Labute approximate surface area is 202 Å². The molecular weight excluding hydrogens is 460 g/mol. The maximum Gasteiger partial charge on any atom is 0.326 e. The summed E-state index contributed by atoms with van der Waals surface area (Å²) in [5.41, 5.74) is 6.69. The zero-order chi connectivity index (χ0) is 26.1. The number of aromatic nitrogens is 2. The molecule has 7 N–H and O–H groups in total. The third-order valence-corrected chi connectivity index (χ3v) is 6.21. The van der Waals surface area contributed by atoms with E-state index in [9.17, 15) is 29.1 Å². The van der Waals surface area contributed by atoms with E-state index in [1.807, 2.05) is 6.92 Å². The minimum Gasteiger partial charge on any atom is -0.481 e. The maximum atomic E-state index is 13.5. The zero-order valence-electron chi connectivity index (χ0n) is 19.9. The number of rotatable bonds is 13. The van der Waals surface area contributed by atoms with Gasteiger partial charge in [-0.3, -0.25) is 19.2 Å². The van der Waals surface area contributed by atoms with Gasteiger partial charge in [-0.25, -0.2) is 9.78 Å². The van der Waals surface area contributed by atoms with Crippen molar-refractivity contribution in [2.75, 3.05) is 6.54 Å². The molecule has 0 saturated carbocycles. The number of H-pyrrole nitrogens is 1. The lowest BCUT2D eigenvalue weighted by Gasteiger charge is -2.32. The van der Waals surface area contributed by atoms with Gasteiger partial charge in [0, 0.05) is 31.3 Å². The van der Waals surface area contributed by atoms with Crippen molar-refractivity contribution in [1.29, 1.82) is 0 Å². The highest BCUT2D eigenvalue weighted by molar-refractivity contribution is 5.94. The third kappa shape index (κ3) is 7.77. The summed E-state index contributed by atoms with van der Waals surface area (Å²) in [6.07, 6.45) is 3.95. The van der Waals surface area contributed by atoms with Gasteiger partial charge in [0.1, 0.15) is 18.1 Å². The van der Waals surface area contributed by atoms with Crippen LogP contribution < -0.4 is 16.4 Å². The Morgan fingerprint density at radius 1 is 1.26 bits per heavy atom. The molecule has 5 unspecified atom stereocenters. The monoisotopic (exact) mass is 494 g/mol. The van der Waals surface area contributed by atoms with Gasteiger partial charge in [0.15, 0.2) is 0 Å². The van der Waals surface area contributed by atoms with Crippen molar-refractivity contribution < 1.29 is 34.2 Å². The van der Waals surface area contributed by atoms with E-state index >= 15 is 0 Å². The molecule has 1 fully saturated rings. The van der Waals surface area contributed by atoms with Crippen LogP contribution in [0, 0.1) is 5.92 Å². The lowest BCUT2D eigenvalue weighted by molar-refractivity contribution is -0.146. The number of aromatic amines is 1. The number of carboxylic acid groups (broad SMARTS) is 2. The topological polar surface area (TPSA) is 208 Å². The van der Waals surface area contributed by atoms with Gasteiger partial charge in [-0.1, -0.05) is 20.3 Å². The molecule has 3 amide bonds. The van der Waals surface area contributed by atoms with Crippen molar-refractivity contribution in [3.63, 3.8) is 0 Å². The quantitative estimate of drug-likeness (QED) is 0.203. The van der Waals surface area contributed by atoms with E-state index in [0.717, 1.165) is 0 Å². The van der Waals surface area contributed by atoms with Crippen LogP contribution in [0.2, 0.25) is 0 Å². The van der Waals surface area contributed by atoms with Crippen molar-refractivity contribution in [3.05, 3.63) is 18.2 Å². The van der Waals surface area contributed by atoms with Gasteiger partial charge in [0.05, 0.1) is 12.4 Å². The average molecular weight is 495 g/mol. The molecule has 0 aromatic carbocycles. The van der Waals surface area contributed by atoms with E-state index in [1.54, 1.807) is 13.1 Å². The second-order valence-electron chi connectivity index (χ2n) is 8.78. The van der Waals surface area contributed by atoms with Crippen molar-refractivity contribution in [1.82, 2.24) is 25.5 Å². The Morgan fingerprint density at radius 3 is 2.54 bits per heavy atom. The second kappa shape index (κ2) is 12.8. The summed E-state index contributed by atoms with van der Waals surface area (Å²) >= 11 is 0. The van der Waals surface area contributed by atoms with Crippen LogP contribution in [0.3, 0.4) is 0 Å². The highest BCUT2D eigenvalue weighted by atomic mass is 16.4. The van der Waals surface area contributed by atoms with Crippen molar-refractivity contribution >= 4 is 29.7 Å². The number of hydrogen-bond donors (Lipinski definition) is 6. The summed E-state index contributed by atoms with van der Waals surface area (Å²) in [6.45, 7) is 3.95. The molecule has 13 nitrogen and oxygen atoms in total.